The molecule has 2 heterocycles. The molecule has 0 spiro atoms. The first-order valence-electron chi connectivity index (χ1n) is 5.60. The summed E-state index contributed by atoms with van der Waals surface area (Å²) in [5.74, 6) is 0. The van der Waals surface area contributed by atoms with E-state index >= 15 is 0 Å². The van der Waals surface area contributed by atoms with Crippen molar-refractivity contribution in [2.45, 2.75) is 25.8 Å². The maximum Gasteiger partial charge on any atom is 0.240 e. The van der Waals surface area contributed by atoms with Crippen LogP contribution in [0.2, 0.25) is 0 Å². The molecule has 0 atom stereocenters. The first-order valence-corrected chi connectivity index (χ1v) is 5.60. The van der Waals surface area contributed by atoms with Crippen molar-refractivity contribution in [3.8, 4) is 0 Å². The number of aliphatic imine (C=N–C) groups is 1. The summed E-state index contributed by atoms with van der Waals surface area (Å²) in [5, 5.41) is 1.07. The number of hydrogen-bond acceptors (Lipinski definition) is 2. The Morgan fingerprint density at radius 1 is 1.25 bits per heavy atom. The molecule has 0 N–H and O–H groups in total. The van der Waals surface area contributed by atoms with Crippen LogP contribution in [0.5, 0.6) is 0 Å². The first-order chi connectivity index (χ1) is 7.92. The zero-order valence-corrected chi connectivity index (χ0v) is 8.94. The van der Waals surface area contributed by atoms with E-state index in [1.165, 1.54) is 24.1 Å². The maximum atomic E-state index is 10.5. The third-order valence-corrected chi connectivity index (χ3v) is 3.25. The SMILES string of the molecule is O=C=Nc1c2n(c3ccccc13)CCCC2. The molecule has 0 unspecified atom stereocenters. The summed E-state index contributed by atoms with van der Waals surface area (Å²) in [4.78, 5) is 14.4. The topological polar surface area (TPSA) is 34.4 Å². The van der Waals surface area contributed by atoms with Crippen molar-refractivity contribution in [3.63, 3.8) is 0 Å². The molecule has 0 aliphatic carbocycles. The standard InChI is InChI=1S/C13H12N2O/c16-9-14-13-10-5-1-2-6-11(10)15-8-4-3-7-12(13)15/h1-2,5-6H,3-4,7-8H2. The van der Waals surface area contributed by atoms with E-state index in [0.29, 0.717) is 0 Å². The summed E-state index contributed by atoms with van der Waals surface area (Å²) < 4.78 is 2.29. The summed E-state index contributed by atoms with van der Waals surface area (Å²) in [6.45, 7) is 1.03. The van der Waals surface area contributed by atoms with E-state index in [4.69, 9.17) is 0 Å². The monoisotopic (exact) mass is 212 g/mol. The average molecular weight is 212 g/mol. The Balaban J connectivity index is 2.41. The minimum absolute atomic E-state index is 0.824. The molecule has 0 saturated carbocycles. The van der Waals surface area contributed by atoms with Gasteiger partial charge in [-0.05, 0) is 25.3 Å². The Kier molecular flexibility index (Phi) is 2.12. The quantitative estimate of drug-likeness (QED) is 0.528. The van der Waals surface area contributed by atoms with E-state index in [1.54, 1.807) is 6.08 Å². The molecule has 2 aromatic rings. The van der Waals surface area contributed by atoms with Crippen LogP contribution in [0.4, 0.5) is 5.69 Å². The summed E-state index contributed by atoms with van der Waals surface area (Å²) >= 11 is 0. The molecule has 1 aliphatic rings. The van der Waals surface area contributed by atoms with Crippen molar-refractivity contribution in [1.29, 1.82) is 0 Å². The maximum absolute atomic E-state index is 10.5. The first kappa shape index (κ1) is 9.37. The van der Waals surface area contributed by atoms with Gasteiger partial charge in [0.25, 0.3) is 0 Å². The molecule has 0 amide bonds. The highest BCUT2D eigenvalue weighted by Gasteiger charge is 2.18. The molecule has 16 heavy (non-hydrogen) atoms. The van der Waals surface area contributed by atoms with Crippen molar-refractivity contribution in [1.82, 2.24) is 4.57 Å². The van der Waals surface area contributed by atoms with Crippen LogP contribution in [0.3, 0.4) is 0 Å². The molecule has 1 aromatic heterocycles. The van der Waals surface area contributed by atoms with Crippen LogP contribution in [-0.2, 0) is 17.8 Å². The van der Waals surface area contributed by atoms with Gasteiger partial charge in [0.15, 0.2) is 0 Å². The third kappa shape index (κ3) is 1.22. The number of isocyanates is 1. The van der Waals surface area contributed by atoms with Gasteiger partial charge in [0.05, 0.1) is 5.52 Å². The molecule has 0 bridgehead atoms. The Bertz CT molecular complexity index is 591. The molecule has 1 aliphatic heterocycles. The summed E-state index contributed by atoms with van der Waals surface area (Å²) in [7, 11) is 0. The molecule has 0 fully saturated rings. The van der Waals surface area contributed by atoms with Crippen LogP contribution < -0.4 is 0 Å². The van der Waals surface area contributed by atoms with Gasteiger partial charge in [-0.3, -0.25) is 0 Å². The second kappa shape index (κ2) is 3.62. The van der Waals surface area contributed by atoms with E-state index in [1.807, 2.05) is 18.2 Å². The lowest BCUT2D eigenvalue weighted by molar-refractivity contribution is 0.545. The van der Waals surface area contributed by atoms with E-state index in [-0.39, 0.29) is 0 Å². The highest BCUT2D eigenvalue weighted by molar-refractivity contribution is 5.94. The lowest BCUT2D eigenvalue weighted by Gasteiger charge is -2.15. The van der Waals surface area contributed by atoms with Crippen molar-refractivity contribution < 1.29 is 4.79 Å². The Morgan fingerprint density at radius 2 is 2.12 bits per heavy atom. The van der Waals surface area contributed by atoms with Gasteiger partial charge in [0.1, 0.15) is 5.69 Å². The molecule has 3 heteroatoms. The van der Waals surface area contributed by atoms with Gasteiger partial charge in [0, 0.05) is 17.6 Å². The molecule has 3 rings (SSSR count). The van der Waals surface area contributed by atoms with Crippen LogP contribution in [0, 0.1) is 0 Å². The molecule has 0 saturated heterocycles. The van der Waals surface area contributed by atoms with E-state index < -0.39 is 0 Å². The van der Waals surface area contributed by atoms with Gasteiger partial charge in [-0.2, -0.15) is 4.99 Å². The summed E-state index contributed by atoms with van der Waals surface area (Å²) in [5.41, 5.74) is 3.20. The number of aryl methyl sites for hydroxylation is 1. The fourth-order valence-corrected chi connectivity index (χ4v) is 2.58. The number of carbonyl (C=O) groups excluding carboxylic acids is 1. The number of rotatable bonds is 1. The number of para-hydroxylation sites is 1. The number of nitrogens with zero attached hydrogens (tertiary/aromatic N) is 2. The zero-order chi connectivity index (χ0) is 11.0. The van der Waals surface area contributed by atoms with Gasteiger partial charge in [-0.1, -0.05) is 18.2 Å². The molecule has 1 aromatic carbocycles. The van der Waals surface area contributed by atoms with Crippen LogP contribution in [-0.4, -0.2) is 10.6 Å². The normalized spacial score (nSPS) is 14.5. The lowest BCUT2D eigenvalue weighted by atomic mass is 10.1. The van der Waals surface area contributed by atoms with Crippen LogP contribution in [0.25, 0.3) is 10.9 Å². The molecule has 0 radical (unpaired) electrons. The minimum Gasteiger partial charge on any atom is -0.342 e. The van der Waals surface area contributed by atoms with Crippen LogP contribution >= 0.6 is 0 Å². The minimum atomic E-state index is 0.824. The molecular weight excluding hydrogens is 200 g/mol. The highest BCUT2D eigenvalue weighted by atomic mass is 16.1. The average Bonchev–Trinajstić information content (AvgIpc) is 2.66. The van der Waals surface area contributed by atoms with Crippen LogP contribution in [0.15, 0.2) is 29.3 Å². The van der Waals surface area contributed by atoms with Gasteiger partial charge < -0.3 is 4.57 Å². The van der Waals surface area contributed by atoms with E-state index in [2.05, 4.69) is 15.6 Å². The molecular formula is C13H12N2O. The molecule has 80 valence electrons. The Hall–Kier alpha value is -1.86. The van der Waals surface area contributed by atoms with Crippen molar-refractivity contribution in [2.75, 3.05) is 0 Å². The van der Waals surface area contributed by atoms with Gasteiger partial charge in [-0.25, -0.2) is 4.79 Å². The third-order valence-electron chi connectivity index (χ3n) is 3.25. The summed E-state index contributed by atoms with van der Waals surface area (Å²) in [6, 6.07) is 8.13. The second-order valence-electron chi connectivity index (χ2n) is 4.12. The zero-order valence-electron chi connectivity index (χ0n) is 8.94. The number of hydrogen-bond donors (Lipinski definition) is 0. The number of fused-ring (bicyclic) bond motifs is 3. The lowest BCUT2D eigenvalue weighted by Crippen LogP contribution is -2.09. The number of aromatic nitrogens is 1. The molecule has 3 nitrogen and oxygen atoms in total. The predicted molar refractivity (Wildman–Crippen MR) is 62.7 cm³/mol. The Labute approximate surface area is 93.4 Å². The van der Waals surface area contributed by atoms with Crippen molar-refractivity contribution in [2.24, 2.45) is 4.99 Å². The van der Waals surface area contributed by atoms with Gasteiger partial charge >= 0.3 is 0 Å². The second-order valence-corrected chi connectivity index (χ2v) is 4.12. The van der Waals surface area contributed by atoms with Crippen LogP contribution in [0.1, 0.15) is 18.5 Å². The predicted octanol–water partition coefficient (Wildman–Crippen LogP) is 2.94. The smallest absolute Gasteiger partial charge is 0.240 e. The largest absolute Gasteiger partial charge is 0.342 e. The van der Waals surface area contributed by atoms with Crippen molar-refractivity contribution >= 4 is 22.7 Å². The van der Waals surface area contributed by atoms with Crippen molar-refractivity contribution in [3.05, 3.63) is 30.0 Å². The van der Waals surface area contributed by atoms with Gasteiger partial charge in [-0.15, -0.1) is 0 Å². The Morgan fingerprint density at radius 3 is 3.00 bits per heavy atom. The van der Waals surface area contributed by atoms with E-state index in [9.17, 15) is 4.79 Å². The summed E-state index contributed by atoms with van der Waals surface area (Å²) in [6.07, 6.45) is 5.07. The fraction of sp³-hybridized carbons (Fsp3) is 0.308. The van der Waals surface area contributed by atoms with Gasteiger partial charge in [0.2, 0.25) is 6.08 Å². The number of benzene rings is 1. The highest BCUT2D eigenvalue weighted by Crippen LogP contribution is 2.36. The fourth-order valence-electron chi connectivity index (χ4n) is 2.58. The van der Waals surface area contributed by atoms with E-state index in [0.717, 1.165) is 24.0 Å².